The molecule has 0 aliphatic carbocycles. The summed E-state index contributed by atoms with van der Waals surface area (Å²) in [6, 6.07) is 9.33. The predicted octanol–water partition coefficient (Wildman–Crippen LogP) is 2.98. The third-order valence-corrected chi connectivity index (χ3v) is 5.37. The van der Waals surface area contributed by atoms with Crippen molar-refractivity contribution >= 4 is 23.4 Å². The average molecular weight is 440 g/mol. The van der Waals surface area contributed by atoms with Crippen LogP contribution in [-0.4, -0.2) is 63.7 Å². The number of ether oxygens (including phenoxy) is 1. The van der Waals surface area contributed by atoms with Crippen LogP contribution in [0, 0.1) is 0 Å². The largest absolute Gasteiger partial charge is 0.482 e. The molecule has 9 heteroatoms. The zero-order chi connectivity index (χ0) is 21.6. The Balaban J connectivity index is 1.49. The van der Waals surface area contributed by atoms with Crippen LogP contribution >= 0.6 is 11.6 Å². The molecule has 0 spiro atoms. The molecule has 2 aromatic heterocycles. The first-order chi connectivity index (χ1) is 15.1. The number of carboxylic acids is 1. The van der Waals surface area contributed by atoms with E-state index in [9.17, 15) is 4.79 Å². The normalized spacial score (nSPS) is 14.4. The molecule has 0 saturated carbocycles. The Morgan fingerprint density at radius 3 is 2.65 bits per heavy atom. The molecule has 0 amide bonds. The number of aromatic nitrogens is 3. The second kappa shape index (κ2) is 9.72. The monoisotopic (exact) mass is 439 g/mol. The van der Waals surface area contributed by atoms with Crippen LogP contribution in [0.4, 0.5) is 5.82 Å². The number of anilines is 1. The minimum atomic E-state index is -1.01. The van der Waals surface area contributed by atoms with Crippen molar-refractivity contribution in [2.24, 2.45) is 0 Å². The van der Waals surface area contributed by atoms with Gasteiger partial charge in [0.25, 0.3) is 0 Å². The quantitative estimate of drug-likeness (QED) is 0.600. The zero-order valence-corrected chi connectivity index (χ0v) is 17.6. The highest BCUT2D eigenvalue weighted by atomic mass is 35.5. The van der Waals surface area contributed by atoms with Crippen molar-refractivity contribution < 1.29 is 14.6 Å². The highest BCUT2D eigenvalue weighted by molar-refractivity contribution is 6.32. The summed E-state index contributed by atoms with van der Waals surface area (Å²) in [7, 11) is 0. The lowest BCUT2D eigenvalue weighted by Gasteiger charge is -2.36. The van der Waals surface area contributed by atoms with Gasteiger partial charge in [-0.15, -0.1) is 0 Å². The van der Waals surface area contributed by atoms with Crippen molar-refractivity contribution in [1.82, 2.24) is 19.9 Å². The molecule has 4 rings (SSSR count). The first-order valence-corrected chi connectivity index (χ1v) is 10.3. The van der Waals surface area contributed by atoms with Crippen molar-refractivity contribution in [3.8, 4) is 17.0 Å². The highest BCUT2D eigenvalue weighted by Crippen LogP contribution is 2.28. The Morgan fingerprint density at radius 2 is 1.94 bits per heavy atom. The molecule has 1 saturated heterocycles. The van der Waals surface area contributed by atoms with E-state index in [-0.39, 0.29) is 6.61 Å². The summed E-state index contributed by atoms with van der Waals surface area (Å²) in [5, 5.41) is 9.65. The van der Waals surface area contributed by atoms with E-state index < -0.39 is 5.97 Å². The fourth-order valence-corrected chi connectivity index (χ4v) is 3.80. The molecule has 0 unspecified atom stereocenters. The Morgan fingerprint density at radius 1 is 1.10 bits per heavy atom. The molecule has 8 nitrogen and oxygen atoms in total. The van der Waals surface area contributed by atoms with Gasteiger partial charge in [0.2, 0.25) is 0 Å². The Hall–Kier alpha value is -3.23. The topological polar surface area (TPSA) is 91.7 Å². The Labute approximate surface area is 185 Å². The number of carbonyl (C=O) groups is 1. The van der Waals surface area contributed by atoms with Gasteiger partial charge in [0.15, 0.2) is 6.61 Å². The molecule has 0 bridgehead atoms. The summed E-state index contributed by atoms with van der Waals surface area (Å²) in [6.45, 7) is 3.48. The summed E-state index contributed by atoms with van der Waals surface area (Å²) in [5.74, 6) is 0.356. The lowest BCUT2D eigenvalue weighted by molar-refractivity contribution is -0.139. The average Bonchev–Trinajstić information content (AvgIpc) is 2.80. The number of piperazine rings is 1. The summed E-state index contributed by atoms with van der Waals surface area (Å²) < 4.78 is 5.54. The first-order valence-electron chi connectivity index (χ1n) is 9.92. The maximum Gasteiger partial charge on any atom is 0.341 e. The molecule has 3 heterocycles. The number of carboxylic acid groups (broad SMARTS) is 1. The number of aliphatic carboxylic acids is 1. The van der Waals surface area contributed by atoms with Crippen molar-refractivity contribution in [3.05, 3.63) is 65.7 Å². The maximum absolute atomic E-state index is 11.0. The summed E-state index contributed by atoms with van der Waals surface area (Å²) in [4.78, 5) is 28.3. The summed E-state index contributed by atoms with van der Waals surface area (Å²) in [5.41, 5.74) is 2.57. The van der Waals surface area contributed by atoms with Crippen molar-refractivity contribution in [2.45, 2.75) is 6.54 Å². The Bertz CT molecular complexity index is 1040. The number of rotatable bonds is 7. The van der Waals surface area contributed by atoms with E-state index in [1.165, 1.54) is 0 Å². The minimum Gasteiger partial charge on any atom is -0.482 e. The van der Waals surface area contributed by atoms with Gasteiger partial charge >= 0.3 is 5.97 Å². The van der Waals surface area contributed by atoms with Gasteiger partial charge in [-0.25, -0.2) is 9.78 Å². The fourth-order valence-electron chi connectivity index (χ4n) is 3.56. The van der Waals surface area contributed by atoms with Crippen LogP contribution < -0.4 is 9.64 Å². The van der Waals surface area contributed by atoms with Gasteiger partial charge in [-0.1, -0.05) is 11.6 Å². The number of hydrogen-bond acceptors (Lipinski definition) is 7. The molecular formula is C22H22ClN5O3. The molecular weight excluding hydrogens is 418 g/mol. The molecule has 160 valence electrons. The van der Waals surface area contributed by atoms with Gasteiger partial charge in [-0.2, -0.15) is 0 Å². The third-order valence-electron chi connectivity index (χ3n) is 5.08. The van der Waals surface area contributed by atoms with Gasteiger partial charge < -0.3 is 14.7 Å². The van der Waals surface area contributed by atoms with Crippen LogP contribution in [0.25, 0.3) is 11.3 Å². The second-order valence-electron chi connectivity index (χ2n) is 7.17. The van der Waals surface area contributed by atoms with Crippen LogP contribution in [0.5, 0.6) is 5.75 Å². The number of halogens is 1. The van der Waals surface area contributed by atoms with Crippen molar-refractivity contribution in [2.75, 3.05) is 37.7 Å². The van der Waals surface area contributed by atoms with Crippen molar-refractivity contribution in [3.63, 3.8) is 0 Å². The van der Waals surface area contributed by atoms with E-state index in [4.69, 9.17) is 21.4 Å². The minimum absolute atomic E-state index is 0.385. The van der Waals surface area contributed by atoms with Crippen molar-refractivity contribution in [1.29, 1.82) is 0 Å². The lowest BCUT2D eigenvalue weighted by atomic mass is 10.1. The molecule has 1 N–H and O–H groups in total. The summed E-state index contributed by atoms with van der Waals surface area (Å²) >= 11 is 6.29. The first kappa shape index (κ1) is 21.0. The zero-order valence-electron chi connectivity index (χ0n) is 16.8. The van der Waals surface area contributed by atoms with E-state index in [0.29, 0.717) is 17.3 Å². The lowest BCUT2D eigenvalue weighted by Crippen LogP contribution is -2.46. The highest BCUT2D eigenvalue weighted by Gasteiger charge is 2.21. The summed E-state index contributed by atoms with van der Waals surface area (Å²) in [6.07, 6.45) is 6.72. The van der Waals surface area contributed by atoms with Gasteiger partial charge in [0, 0.05) is 62.4 Å². The van der Waals surface area contributed by atoms with Gasteiger partial charge in [0.05, 0.1) is 16.9 Å². The van der Waals surface area contributed by atoms with Gasteiger partial charge in [0.1, 0.15) is 11.6 Å². The predicted molar refractivity (Wildman–Crippen MR) is 117 cm³/mol. The van der Waals surface area contributed by atoms with Crippen LogP contribution in [0.15, 0.2) is 55.1 Å². The molecule has 3 aromatic rings. The number of pyridine rings is 1. The third kappa shape index (κ3) is 5.28. The van der Waals surface area contributed by atoms with E-state index in [0.717, 1.165) is 48.8 Å². The van der Waals surface area contributed by atoms with Gasteiger partial charge in [-0.3, -0.25) is 14.9 Å². The Kier molecular flexibility index (Phi) is 6.59. The van der Waals surface area contributed by atoms with Gasteiger partial charge in [-0.05, 0) is 30.3 Å². The molecule has 0 atom stereocenters. The second-order valence-corrected chi connectivity index (χ2v) is 7.57. The maximum atomic E-state index is 11.0. The molecule has 31 heavy (non-hydrogen) atoms. The van der Waals surface area contributed by atoms with Crippen LogP contribution in [-0.2, 0) is 11.3 Å². The number of nitrogens with zero attached hydrogens (tertiary/aromatic N) is 5. The number of hydrogen-bond donors (Lipinski definition) is 1. The van der Waals surface area contributed by atoms with Crippen LogP contribution in [0.2, 0.25) is 5.02 Å². The molecule has 1 aliphatic heterocycles. The van der Waals surface area contributed by atoms with Crippen LogP contribution in [0.3, 0.4) is 0 Å². The fraction of sp³-hybridized carbons (Fsp3) is 0.273. The van der Waals surface area contributed by atoms with E-state index in [1.807, 2.05) is 24.3 Å². The smallest absolute Gasteiger partial charge is 0.341 e. The van der Waals surface area contributed by atoms with E-state index in [2.05, 4.69) is 24.8 Å². The molecule has 0 radical (unpaired) electrons. The molecule has 1 fully saturated rings. The molecule has 1 aliphatic rings. The standard InChI is InChI=1S/C22H22ClN5O3/c23-18-2-1-5-26-22(18)28-10-8-27(9-11-28)14-17-12-16(19-13-24-6-7-25-19)3-4-20(17)31-15-21(29)30/h1-7,12-13H,8-11,14-15H2,(H,29,30). The number of benzene rings is 1. The van der Waals surface area contributed by atoms with Crippen LogP contribution in [0.1, 0.15) is 5.56 Å². The molecule has 1 aromatic carbocycles. The van der Waals surface area contributed by atoms with E-state index >= 15 is 0 Å². The van der Waals surface area contributed by atoms with E-state index in [1.54, 1.807) is 30.9 Å². The SMILES string of the molecule is O=C(O)COc1ccc(-c2cnccn2)cc1CN1CCN(c2ncccc2Cl)CC1.